The highest BCUT2D eigenvalue weighted by molar-refractivity contribution is 7.49. The topological polar surface area (TPSA) is 82.6 Å². The van der Waals surface area contributed by atoms with Crippen LogP contribution in [0.25, 0.3) is 11.3 Å². The van der Waals surface area contributed by atoms with Gasteiger partial charge in [-0.2, -0.15) is 0 Å². The molecule has 0 bridgehead atoms. The maximum Gasteiger partial charge on any atom is 0.338 e. The second-order valence-corrected chi connectivity index (χ2v) is 9.94. The van der Waals surface area contributed by atoms with Gasteiger partial charge in [0, 0.05) is 12.0 Å². The number of nitrogens with zero attached hydrogens (tertiary/aromatic N) is 2. The Morgan fingerprint density at radius 3 is 2.03 bits per heavy atom. The first-order valence-corrected chi connectivity index (χ1v) is 13.9. The molecule has 0 aliphatic rings. The van der Waals surface area contributed by atoms with Crippen LogP contribution in [-0.2, 0) is 31.6 Å². The zero-order chi connectivity index (χ0) is 26.6. The van der Waals surface area contributed by atoms with Crippen LogP contribution in [0.4, 0.5) is 5.82 Å². The minimum atomic E-state index is -1.64. The summed E-state index contributed by atoms with van der Waals surface area (Å²) in [6.07, 6.45) is 2.24. The second kappa shape index (κ2) is 14.3. The second-order valence-electron chi connectivity index (χ2n) is 8.34. The van der Waals surface area contributed by atoms with Gasteiger partial charge in [-0.3, -0.25) is 0 Å². The van der Waals surface area contributed by atoms with Gasteiger partial charge in [-0.05, 0) is 25.0 Å². The van der Waals surface area contributed by atoms with E-state index in [1.807, 2.05) is 105 Å². The van der Waals surface area contributed by atoms with E-state index in [-0.39, 0.29) is 6.61 Å². The lowest BCUT2D eigenvalue weighted by Crippen LogP contribution is -2.32. The Kier molecular flexibility index (Phi) is 10.3. The molecule has 1 atom stereocenters. The molecule has 4 aromatic rings. The third kappa shape index (κ3) is 7.68. The molecule has 7 nitrogen and oxygen atoms in total. The first-order valence-electron chi connectivity index (χ1n) is 12.6. The number of benzene rings is 3. The molecule has 4 rings (SSSR count). The van der Waals surface area contributed by atoms with Crippen molar-refractivity contribution in [2.75, 3.05) is 18.5 Å². The van der Waals surface area contributed by atoms with Crippen molar-refractivity contribution in [3.05, 3.63) is 114 Å². The molecule has 0 amide bonds. The van der Waals surface area contributed by atoms with Gasteiger partial charge in [-0.25, -0.2) is 14.8 Å². The van der Waals surface area contributed by atoms with Crippen LogP contribution in [0.1, 0.15) is 30.7 Å². The number of carbonyl (C=O) groups excluding carboxylic acids is 1. The summed E-state index contributed by atoms with van der Waals surface area (Å²) >= 11 is 0. The van der Waals surface area contributed by atoms with Crippen molar-refractivity contribution in [3.8, 4) is 11.3 Å². The molecule has 38 heavy (non-hydrogen) atoms. The summed E-state index contributed by atoms with van der Waals surface area (Å²) in [6.45, 7) is 4.68. The van der Waals surface area contributed by atoms with Gasteiger partial charge in [0.1, 0.15) is 12.4 Å². The molecule has 0 aliphatic carbocycles. The van der Waals surface area contributed by atoms with Crippen LogP contribution >= 0.6 is 8.38 Å². The highest BCUT2D eigenvalue weighted by atomic mass is 31.2. The molecule has 0 radical (unpaired) electrons. The van der Waals surface area contributed by atoms with Gasteiger partial charge in [0.15, 0.2) is 5.78 Å². The number of carbonyl (C=O) groups is 1. The van der Waals surface area contributed by atoms with E-state index in [9.17, 15) is 4.79 Å². The van der Waals surface area contributed by atoms with Crippen molar-refractivity contribution in [1.29, 1.82) is 0 Å². The Hall–Kier alpha value is -3.64. The summed E-state index contributed by atoms with van der Waals surface area (Å²) in [5.41, 5.74) is 4.40. The van der Waals surface area contributed by atoms with Gasteiger partial charge in [0.2, 0.25) is 8.38 Å². The van der Waals surface area contributed by atoms with E-state index < -0.39 is 20.1 Å². The zero-order valence-corrected chi connectivity index (χ0v) is 22.5. The zero-order valence-electron chi connectivity index (χ0n) is 21.6. The Morgan fingerprint density at radius 1 is 0.842 bits per heavy atom. The van der Waals surface area contributed by atoms with Gasteiger partial charge < -0.3 is 19.1 Å². The van der Waals surface area contributed by atoms with E-state index in [2.05, 4.69) is 5.32 Å². The third-order valence-corrected chi connectivity index (χ3v) is 7.36. The lowest BCUT2D eigenvalue weighted by atomic mass is 10.1. The number of ether oxygens (including phenoxy) is 1. The molecule has 8 heteroatoms. The SMILES string of the molecule is CCOP(OCC)C(Nc1ncc(-c2ccccc2)nc1Cc1ccccc1)C(=O)OCc1ccccc1. The fourth-order valence-electron chi connectivity index (χ4n) is 3.78. The molecule has 0 saturated heterocycles. The summed E-state index contributed by atoms with van der Waals surface area (Å²) in [7, 11) is -1.64. The van der Waals surface area contributed by atoms with Gasteiger partial charge in [-0.1, -0.05) is 91.0 Å². The maximum atomic E-state index is 13.4. The van der Waals surface area contributed by atoms with Crippen LogP contribution in [0.15, 0.2) is 97.2 Å². The fraction of sp³-hybridized carbons (Fsp3) is 0.233. The number of aromatic nitrogens is 2. The van der Waals surface area contributed by atoms with Crippen molar-refractivity contribution >= 4 is 20.2 Å². The van der Waals surface area contributed by atoms with Crippen molar-refractivity contribution in [3.63, 3.8) is 0 Å². The minimum Gasteiger partial charge on any atom is -0.459 e. The molecular weight excluding hydrogens is 497 g/mol. The minimum absolute atomic E-state index is 0.148. The number of anilines is 1. The first-order chi connectivity index (χ1) is 18.7. The largest absolute Gasteiger partial charge is 0.459 e. The predicted octanol–water partition coefficient (Wildman–Crippen LogP) is 6.60. The van der Waals surface area contributed by atoms with Crippen molar-refractivity contribution in [1.82, 2.24) is 9.97 Å². The van der Waals surface area contributed by atoms with E-state index in [1.165, 1.54) is 0 Å². The Bertz CT molecular complexity index is 1270. The summed E-state index contributed by atoms with van der Waals surface area (Å²) in [5, 5.41) is 3.28. The van der Waals surface area contributed by atoms with Gasteiger partial charge >= 0.3 is 5.97 Å². The summed E-state index contributed by atoms with van der Waals surface area (Å²) < 4.78 is 17.4. The molecule has 196 valence electrons. The molecular formula is C30H32N3O4P. The van der Waals surface area contributed by atoms with Crippen LogP contribution in [0, 0.1) is 0 Å². The Balaban J connectivity index is 1.65. The number of hydrogen-bond donors (Lipinski definition) is 1. The normalized spacial score (nSPS) is 11.8. The van der Waals surface area contributed by atoms with E-state index in [4.69, 9.17) is 23.8 Å². The summed E-state index contributed by atoms with van der Waals surface area (Å²) in [6, 6.07) is 29.5. The van der Waals surface area contributed by atoms with Crippen LogP contribution in [-0.4, -0.2) is 34.9 Å². The van der Waals surface area contributed by atoms with Crippen molar-refractivity contribution in [2.45, 2.75) is 32.7 Å². The average Bonchev–Trinajstić information content (AvgIpc) is 2.97. The molecule has 1 heterocycles. The summed E-state index contributed by atoms with van der Waals surface area (Å²) in [4.78, 5) is 23.0. The average molecular weight is 530 g/mol. The van der Waals surface area contributed by atoms with Gasteiger partial charge in [-0.15, -0.1) is 0 Å². The summed E-state index contributed by atoms with van der Waals surface area (Å²) in [5.74, 6) is -0.872. The highest BCUT2D eigenvalue weighted by Gasteiger charge is 2.34. The molecule has 1 aromatic heterocycles. The van der Waals surface area contributed by atoms with Crippen LogP contribution in [0.3, 0.4) is 0 Å². The quantitative estimate of drug-likeness (QED) is 0.154. The third-order valence-electron chi connectivity index (χ3n) is 5.57. The number of rotatable bonds is 13. The smallest absolute Gasteiger partial charge is 0.338 e. The number of hydrogen-bond acceptors (Lipinski definition) is 7. The molecule has 1 unspecified atom stereocenters. The lowest BCUT2D eigenvalue weighted by Gasteiger charge is -2.26. The van der Waals surface area contributed by atoms with Crippen LogP contribution in [0.5, 0.6) is 0 Å². The van der Waals surface area contributed by atoms with Gasteiger partial charge in [0.05, 0.1) is 30.8 Å². The van der Waals surface area contributed by atoms with Crippen LogP contribution < -0.4 is 5.32 Å². The lowest BCUT2D eigenvalue weighted by molar-refractivity contribution is -0.144. The molecule has 3 aromatic carbocycles. The fourth-order valence-corrected chi connectivity index (χ4v) is 5.14. The highest BCUT2D eigenvalue weighted by Crippen LogP contribution is 2.44. The predicted molar refractivity (Wildman–Crippen MR) is 151 cm³/mol. The molecule has 0 fully saturated rings. The standard InChI is InChI=1S/C30H32N3O4P/c1-3-36-38(37-4-2)29(30(34)35-22-24-16-10-6-11-17-24)33-28-26(20-23-14-8-5-9-15-23)32-27(21-31-28)25-18-12-7-13-19-25/h5-19,21,29H,3-4,20,22H2,1-2H3,(H,31,33). The Morgan fingerprint density at radius 2 is 1.42 bits per heavy atom. The maximum absolute atomic E-state index is 13.4. The molecule has 0 aliphatic heterocycles. The van der Waals surface area contributed by atoms with E-state index in [0.717, 1.165) is 22.4 Å². The molecule has 0 saturated carbocycles. The monoisotopic (exact) mass is 529 g/mol. The first kappa shape index (κ1) is 27.4. The molecule has 1 N–H and O–H groups in total. The van der Waals surface area contributed by atoms with E-state index in [1.54, 1.807) is 6.20 Å². The number of esters is 1. The van der Waals surface area contributed by atoms with Crippen molar-refractivity contribution in [2.24, 2.45) is 0 Å². The van der Waals surface area contributed by atoms with E-state index >= 15 is 0 Å². The van der Waals surface area contributed by atoms with Crippen molar-refractivity contribution < 1.29 is 18.6 Å². The number of nitrogens with one attached hydrogen (secondary N) is 1. The van der Waals surface area contributed by atoms with Crippen LogP contribution in [0.2, 0.25) is 0 Å². The van der Waals surface area contributed by atoms with E-state index in [0.29, 0.717) is 31.1 Å². The molecule has 0 spiro atoms. The van der Waals surface area contributed by atoms with Gasteiger partial charge in [0.25, 0.3) is 0 Å². The Labute approximate surface area is 225 Å².